The van der Waals surface area contributed by atoms with Crippen LogP contribution in [0.1, 0.15) is 23.2 Å². The van der Waals surface area contributed by atoms with E-state index >= 15 is 0 Å². The molecule has 106 valence electrons. The van der Waals surface area contributed by atoms with Crippen molar-refractivity contribution in [3.63, 3.8) is 0 Å². The van der Waals surface area contributed by atoms with Crippen molar-refractivity contribution in [1.82, 2.24) is 14.6 Å². The average Bonchev–Trinajstić information content (AvgIpc) is 2.81. The summed E-state index contributed by atoms with van der Waals surface area (Å²) in [5, 5.41) is 4.22. The first-order valence-electron chi connectivity index (χ1n) is 6.51. The molecule has 2 heterocycles. The van der Waals surface area contributed by atoms with Gasteiger partial charge in [0.25, 0.3) is 5.91 Å². The summed E-state index contributed by atoms with van der Waals surface area (Å²) < 4.78 is 7.08. The number of anilines is 1. The Bertz CT molecular complexity index is 651. The first-order valence-corrected chi connectivity index (χ1v) is 6.51. The molecule has 1 aliphatic carbocycles. The highest BCUT2D eigenvalue weighted by Gasteiger charge is 2.35. The molecule has 1 amide bonds. The van der Waals surface area contributed by atoms with Crippen LogP contribution in [0.3, 0.4) is 0 Å². The third-order valence-electron chi connectivity index (χ3n) is 3.98. The molecule has 0 bridgehead atoms. The molecular formula is C13H17N5O2. The van der Waals surface area contributed by atoms with Crippen molar-refractivity contribution >= 4 is 17.4 Å². The molecule has 0 unspecified atom stereocenters. The van der Waals surface area contributed by atoms with Gasteiger partial charge in [0, 0.05) is 20.4 Å². The van der Waals surface area contributed by atoms with Gasteiger partial charge >= 0.3 is 0 Å². The van der Waals surface area contributed by atoms with E-state index < -0.39 is 5.91 Å². The molecule has 20 heavy (non-hydrogen) atoms. The number of hydrogen-bond acceptors (Lipinski definition) is 5. The standard InChI is InChI=1S/C13H17N5O2/c1-17(9-3-4-10(9)20-2)11-5-6-15-13-8(12(14)19)7-16-18(11)13/h5-7,9-10H,3-4H2,1-2H3,(H2,14,19)/t9-,10-/m0/s1. The highest BCUT2D eigenvalue weighted by atomic mass is 16.5. The number of hydrogen-bond donors (Lipinski definition) is 1. The van der Waals surface area contributed by atoms with Gasteiger partial charge in [0.1, 0.15) is 11.4 Å². The Balaban J connectivity index is 2.01. The number of rotatable bonds is 4. The molecule has 2 N–H and O–H groups in total. The third kappa shape index (κ3) is 1.82. The van der Waals surface area contributed by atoms with E-state index in [1.807, 2.05) is 13.1 Å². The van der Waals surface area contributed by atoms with Gasteiger partial charge in [-0.15, -0.1) is 0 Å². The fourth-order valence-corrected chi connectivity index (χ4v) is 2.66. The van der Waals surface area contributed by atoms with Crippen molar-refractivity contribution in [3.8, 4) is 0 Å². The zero-order chi connectivity index (χ0) is 14.3. The van der Waals surface area contributed by atoms with Gasteiger partial charge in [-0.2, -0.15) is 9.61 Å². The van der Waals surface area contributed by atoms with Crippen LogP contribution in [0.15, 0.2) is 18.5 Å². The molecule has 2 atom stereocenters. The molecule has 3 rings (SSSR count). The third-order valence-corrected chi connectivity index (χ3v) is 3.98. The Labute approximate surface area is 116 Å². The van der Waals surface area contributed by atoms with Gasteiger partial charge in [-0.25, -0.2) is 4.98 Å². The van der Waals surface area contributed by atoms with Gasteiger partial charge < -0.3 is 15.4 Å². The van der Waals surface area contributed by atoms with Gasteiger partial charge in [0.15, 0.2) is 5.65 Å². The van der Waals surface area contributed by atoms with Crippen LogP contribution < -0.4 is 10.6 Å². The van der Waals surface area contributed by atoms with Gasteiger partial charge in [0.05, 0.1) is 18.3 Å². The number of aromatic nitrogens is 3. The highest BCUT2D eigenvalue weighted by molar-refractivity contribution is 5.98. The van der Waals surface area contributed by atoms with E-state index in [1.165, 1.54) is 6.20 Å². The van der Waals surface area contributed by atoms with E-state index in [0.29, 0.717) is 17.3 Å². The molecule has 0 spiro atoms. The second-order valence-electron chi connectivity index (χ2n) is 4.99. The maximum atomic E-state index is 11.4. The number of nitrogens with zero attached hydrogens (tertiary/aromatic N) is 4. The summed E-state index contributed by atoms with van der Waals surface area (Å²) in [7, 11) is 3.72. The minimum Gasteiger partial charge on any atom is -0.379 e. The van der Waals surface area contributed by atoms with E-state index in [0.717, 1.165) is 18.7 Å². The highest BCUT2D eigenvalue weighted by Crippen LogP contribution is 2.30. The van der Waals surface area contributed by atoms with Crippen molar-refractivity contribution in [1.29, 1.82) is 0 Å². The summed E-state index contributed by atoms with van der Waals surface area (Å²) in [6.07, 6.45) is 5.48. The minimum absolute atomic E-state index is 0.231. The van der Waals surface area contributed by atoms with Crippen molar-refractivity contribution in [2.75, 3.05) is 19.1 Å². The van der Waals surface area contributed by atoms with Gasteiger partial charge in [0.2, 0.25) is 0 Å². The Hall–Kier alpha value is -2.15. The van der Waals surface area contributed by atoms with E-state index in [-0.39, 0.29) is 6.10 Å². The first kappa shape index (κ1) is 12.9. The van der Waals surface area contributed by atoms with Crippen LogP contribution in [-0.2, 0) is 4.74 Å². The number of amides is 1. The number of ether oxygens (including phenoxy) is 1. The molecule has 2 aromatic rings. The van der Waals surface area contributed by atoms with Crippen molar-refractivity contribution in [2.45, 2.75) is 25.0 Å². The zero-order valence-electron chi connectivity index (χ0n) is 11.5. The number of likely N-dealkylation sites (N-methyl/N-ethyl adjacent to an activating group) is 1. The van der Waals surface area contributed by atoms with E-state index in [9.17, 15) is 4.79 Å². The minimum atomic E-state index is -0.522. The summed E-state index contributed by atoms with van der Waals surface area (Å²) in [4.78, 5) is 17.7. The Morgan fingerprint density at radius 2 is 2.35 bits per heavy atom. The van der Waals surface area contributed by atoms with Gasteiger partial charge in [-0.05, 0) is 18.9 Å². The summed E-state index contributed by atoms with van der Waals surface area (Å²) in [6, 6.07) is 2.18. The fraction of sp³-hybridized carbons (Fsp3) is 0.462. The molecule has 7 heteroatoms. The normalized spacial score (nSPS) is 21.7. The molecule has 0 saturated heterocycles. The van der Waals surface area contributed by atoms with Gasteiger partial charge in [-0.3, -0.25) is 4.79 Å². The summed E-state index contributed by atoms with van der Waals surface area (Å²) >= 11 is 0. The fourth-order valence-electron chi connectivity index (χ4n) is 2.66. The number of methoxy groups -OCH3 is 1. The van der Waals surface area contributed by atoms with Crippen LogP contribution in [0, 0.1) is 0 Å². The number of primary amides is 1. The SMILES string of the molecule is CO[C@H]1CC[C@@H]1N(C)c1ccnc2c(C(N)=O)cnn12. The molecule has 0 aromatic carbocycles. The summed E-state index contributed by atoms with van der Waals surface area (Å²) in [5.74, 6) is 0.347. The van der Waals surface area contributed by atoms with Crippen LogP contribution in [0.25, 0.3) is 5.65 Å². The first-order chi connectivity index (χ1) is 9.63. The molecule has 0 radical (unpaired) electrons. The molecule has 1 saturated carbocycles. The Morgan fingerprint density at radius 1 is 1.55 bits per heavy atom. The lowest BCUT2D eigenvalue weighted by Gasteiger charge is -2.42. The lowest BCUT2D eigenvalue weighted by atomic mass is 9.88. The quantitative estimate of drug-likeness (QED) is 0.875. The predicted octanol–water partition coefficient (Wildman–Crippen LogP) is 0.442. The van der Waals surface area contributed by atoms with Crippen molar-refractivity contribution < 1.29 is 9.53 Å². The second kappa shape index (κ2) is 4.75. The van der Waals surface area contributed by atoms with Crippen LogP contribution in [-0.4, -0.2) is 46.8 Å². The van der Waals surface area contributed by atoms with Crippen LogP contribution >= 0.6 is 0 Å². The molecule has 2 aromatic heterocycles. The topological polar surface area (TPSA) is 85.7 Å². The lowest BCUT2D eigenvalue weighted by molar-refractivity contribution is 0.0192. The largest absolute Gasteiger partial charge is 0.379 e. The predicted molar refractivity (Wildman–Crippen MR) is 73.7 cm³/mol. The maximum Gasteiger partial charge on any atom is 0.254 e. The molecule has 1 aliphatic rings. The van der Waals surface area contributed by atoms with E-state index in [4.69, 9.17) is 10.5 Å². The van der Waals surface area contributed by atoms with E-state index in [1.54, 1.807) is 17.8 Å². The number of nitrogens with two attached hydrogens (primary N) is 1. The second-order valence-corrected chi connectivity index (χ2v) is 4.99. The zero-order valence-corrected chi connectivity index (χ0v) is 11.5. The maximum absolute atomic E-state index is 11.4. The van der Waals surface area contributed by atoms with Crippen molar-refractivity contribution in [3.05, 3.63) is 24.0 Å². The monoisotopic (exact) mass is 275 g/mol. The van der Waals surface area contributed by atoms with Crippen LogP contribution in [0.5, 0.6) is 0 Å². The van der Waals surface area contributed by atoms with Crippen LogP contribution in [0.4, 0.5) is 5.82 Å². The Kier molecular flexibility index (Phi) is 3.06. The van der Waals surface area contributed by atoms with Crippen molar-refractivity contribution in [2.24, 2.45) is 5.73 Å². The van der Waals surface area contributed by atoms with Gasteiger partial charge in [-0.1, -0.05) is 0 Å². The summed E-state index contributed by atoms with van der Waals surface area (Å²) in [6.45, 7) is 0. The Morgan fingerprint density at radius 3 is 2.95 bits per heavy atom. The van der Waals surface area contributed by atoms with E-state index in [2.05, 4.69) is 15.0 Å². The smallest absolute Gasteiger partial charge is 0.254 e. The number of carbonyl (C=O) groups is 1. The van der Waals surface area contributed by atoms with Crippen LogP contribution in [0.2, 0.25) is 0 Å². The lowest BCUT2D eigenvalue weighted by Crippen LogP contribution is -2.50. The molecular weight excluding hydrogens is 258 g/mol. The number of fused-ring (bicyclic) bond motifs is 1. The molecule has 1 fully saturated rings. The molecule has 0 aliphatic heterocycles. The number of carbonyl (C=O) groups excluding carboxylic acids is 1. The summed E-state index contributed by atoms with van der Waals surface area (Å²) in [5.41, 5.74) is 6.14. The molecule has 7 nitrogen and oxygen atoms in total. The average molecular weight is 275 g/mol.